The fraction of sp³-hybridized carbons (Fsp3) is 0.500. The molecule has 1 aliphatic heterocycles. The van der Waals surface area contributed by atoms with E-state index in [1.165, 1.54) is 6.07 Å². The number of nitrogens with one attached hydrogen (secondary N) is 1. The lowest BCUT2D eigenvalue weighted by Gasteiger charge is -2.32. The first-order valence-electron chi connectivity index (χ1n) is 12.7. The van der Waals surface area contributed by atoms with Crippen LogP contribution in [0.5, 0.6) is 0 Å². The van der Waals surface area contributed by atoms with Crippen molar-refractivity contribution >= 4 is 28.5 Å². The second kappa shape index (κ2) is 11.5. The normalized spacial score (nSPS) is 15.8. The summed E-state index contributed by atoms with van der Waals surface area (Å²) in [6, 6.07) is 6.44. The third-order valence-corrected chi connectivity index (χ3v) is 7.30. The highest BCUT2D eigenvalue weighted by Crippen LogP contribution is 2.33. The van der Waals surface area contributed by atoms with Gasteiger partial charge in [0.1, 0.15) is 17.3 Å². The maximum atomic E-state index is 14.8. The maximum absolute atomic E-state index is 14.8. The molecule has 7 nitrogen and oxygen atoms in total. The molecule has 0 amide bonds. The van der Waals surface area contributed by atoms with E-state index in [-0.39, 0.29) is 34.9 Å². The fourth-order valence-electron chi connectivity index (χ4n) is 4.80. The summed E-state index contributed by atoms with van der Waals surface area (Å²) in [4.78, 5) is 20.5. The molecule has 0 unspecified atom stereocenters. The summed E-state index contributed by atoms with van der Waals surface area (Å²) >= 11 is 6.05. The number of nitrogens with zero attached hydrogens (tertiary/aromatic N) is 3. The standard InChI is InChI=1S/C28H36ClFN4O3/c1-18-16-34(23(17-35)28(2,3)4)27-21(25(18)36)15-20(14-19-6-5-7-22(29)24(19)30)26(32-27)31-8-9-33-10-12-37-13-11-33/h5-7,15-16,23,35H,8-14,17H2,1-4H3,(H,31,32)/t23-/m1/s1. The Morgan fingerprint density at radius 2 is 1.97 bits per heavy atom. The minimum atomic E-state index is -0.474. The molecular formula is C28H36ClFN4O3. The van der Waals surface area contributed by atoms with Crippen molar-refractivity contribution in [1.82, 2.24) is 14.5 Å². The van der Waals surface area contributed by atoms with Crippen LogP contribution < -0.4 is 10.7 Å². The van der Waals surface area contributed by atoms with Gasteiger partial charge in [0, 0.05) is 44.4 Å². The predicted octanol–water partition coefficient (Wildman–Crippen LogP) is 4.41. The first-order chi connectivity index (χ1) is 17.6. The topological polar surface area (TPSA) is 79.6 Å². The highest BCUT2D eigenvalue weighted by molar-refractivity contribution is 6.30. The van der Waals surface area contributed by atoms with E-state index in [9.17, 15) is 14.3 Å². The number of aliphatic hydroxyl groups excluding tert-OH is 1. The van der Waals surface area contributed by atoms with Crippen LogP contribution in [0.2, 0.25) is 5.02 Å². The average molecular weight is 531 g/mol. The summed E-state index contributed by atoms with van der Waals surface area (Å²) in [7, 11) is 0. The monoisotopic (exact) mass is 530 g/mol. The minimum Gasteiger partial charge on any atom is -0.394 e. The van der Waals surface area contributed by atoms with Crippen LogP contribution in [0.15, 0.2) is 35.3 Å². The van der Waals surface area contributed by atoms with Crippen molar-refractivity contribution in [1.29, 1.82) is 0 Å². The van der Waals surface area contributed by atoms with Crippen LogP contribution in [0.1, 0.15) is 43.5 Å². The van der Waals surface area contributed by atoms with Gasteiger partial charge < -0.3 is 19.7 Å². The average Bonchev–Trinajstić information content (AvgIpc) is 2.85. The molecule has 0 bridgehead atoms. The molecule has 0 spiro atoms. The molecule has 0 radical (unpaired) electrons. The van der Waals surface area contributed by atoms with Crippen molar-refractivity contribution in [2.24, 2.45) is 5.41 Å². The molecule has 2 aromatic heterocycles. The van der Waals surface area contributed by atoms with Crippen molar-refractivity contribution in [2.75, 3.05) is 51.3 Å². The number of rotatable bonds is 8. The van der Waals surface area contributed by atoms with Gasteiger partial charge in [-0.25, -0.2) is 9.37 Å². The lowest BCUT2D eigenvalue weighted by molar-refractivity contribution is 0.0398. The van der Waals surface area contributed by atoms with E-state index in [0.717, 1.165) is 19.6 Å². The fourth-order valence-corrected chi connectivity index (χ4v) is 5.00. The lowest BCUT2D eigenvalue weighted by atomic mass is 9.86. The van der Waals surface area contributed by atoms with Gasteiger partial charge in [-0.05, 0) is 35.6 Å². The van der Waals surface area contributed by atoms with Crippen molar-refractivity contribution in [2.45, 2.75) is 40.2 Å². The van der Waals surface area contributed by atoms with Gasteiger partial charge in [0.2, 0.25) is 0 Å². The van der Waals surface area contributed by atoms with Gasteiger partial charge in [-0.1, -0.05) is 44.5 Å². The number of aryl methyl sites for hydroxylation is 1. The number of anilines is 1. The Morgan fingerprint density at radius 1 is 1.24 bits per heavy atom. The summed E-state index contributed by atoms with van der Waals surface area (Å²) in [6.45, 7) is 12.4. The molecule has 1 fully saturated rings. The third kappa shape index (κ3) is 6.14. The van der Waals surface area contributed by atoms with Crippen LogP contribution in [0, 0.1) is 18.2 Å². The zero-order chi connectivity index (χ0) is 26.7. The molecule has 3 aromatic rings. The Balaban J connectivity index is 1.81. The third-order valence-electron chi connectivity index (χ3n) is 7.01. The van der Waals surface area contributed by atoms with Crippen LogP contribution in [-0.2, 0) is 11.2 Å². The van der Waals surface area contributed by atoms with Crippen molar-refractivity contribution in [3.05, 3.63) is 68.2 Å². The molecule has 9 heteroatoms. The van der Waals surface area contributed by atoms with E-state index in [1.54, 1.807) is 25.3 Å². The maximum Gasteiger partial charge on any atom is 0.193 e. The molecule has 1 saturated heterocycles. The summed E-state index contributed by atoms with van der Waals surface area (Å²) in [5, 5.41) is 14.2. The SMILES string of the molecule is Cc1cn([C@H](CO)C(C)(C)C)c2nc(NCCN3CCOCC3)c(Cc3cccc(Cl)c3F)cc2c1=O. The molecule has 37 heavy (non-hydrogen) atoms. The van der Waals surface area contributed by atoms with E-state index in [0.29, 0.717) is 53.3 Å². The van der Waals surface area contributed by atoms with Crippen LogP contribution >= 0.6 is 11.6 Å². The van der Waals surface area contributed by atoms with Gasteiger partial charge >= 0.3 is 0 Å². The number of halogens is 2. The summed E-state index contributed by atoms with van der Waals surface area (Å²) in [5.74, 6) is 0.112. The number of fused-ring (bicyclic) bond motifs is 1. The Kier molecular flexibility index (Phi) is 8.53. The van der Waals surface area contributed by atoms with Crippen LogP contribution in [0.3, 0.4) is 0 Å². The molecule has 0 aliphatic carbocycles. The zero-order valence-corrected chi connectivity index (χ0v) is 22.7. The quantitative estimate of drug-likeness (QED) is 0.449. The first-order valence-corrected chi connectivity index (χ1v) is 13.1. The van der Waals surface area contributed by atoms with Gasteiger partial charge in [0.15, 0.2) is 5.43 Å². The number of ether oxygens (including phenoxy) is 1. The Bertz CT molecular complexity index is 1320. The molecule has 200 valence electrons. The Morgan fingerprint density at radius 3 is 2.65 bits per heavy atom. The molecular weight excluding hydrogens is 495 g/mol. The van der Waals surface area contributed by atoms with Crippen molar-refractivity contribution in [3.63, 3.8) is 0 Å². The molecule has 0 saturated carbocycles. The van der Waals surface area contributed by atoms with E-state index >= 15 is 0 Å². The van der Waals surface area contributed by atoms with Gasteiger partial charge in [0.25, 0.3) is 0 Å². The molecule has 2 N–H and O–H groups in total. The van der Waals surface area contributed by atoms with Crippen molar-refractivity contribution < 1.29 is 14.2 Å². The summed E-state index contributed by atoms with van der Waals surface area (Å²) in [6.07, 6.45) is 2.00. The zero-order valence-electron chi connectivity index (χ0n) is 22.0. The highest BCUT2D eigenvalue weighted by atomic mass is 35.5. The second-order valence-electron chi connectivity index (χ2n) is 10.8. The number of hydrogen-bond acceptors (Lipinski definition) is 6. The highest BCUT2D eigenvalue weighted by Gasteiger charge is 2.28. The number of morpholine rings is 1. The summed E-state index contributed by atoms with van der Waals surface area (Å²) < 4.78 is 22.2. The number of hydrogen-bond donors (Lipinski definition) is 2. The Labute approximate surface area is 222 Å². The van der Waals surface area contributed by atoms with Gasteiger partial charge in [-0.2, -0.15) is 0 Å². The predicted molar refractivity (Wildman–Crippen MR) is 146 cm³/mol. The first kappa shape index (κ1) is 27.5. The van der Waals surface area contributed by atoms with Crippen LogP contribution in [0.4, 0.5) is 10.2 Å². The van der Waals surface area contributed by atoms with E-state index in [4.69, 9.17) is 21.3 Å². The second-order valence-corrected chi connectivity index (χ2v) is 11.2. The largest absolute Gasteiger partial charge is 0.394 e. The number of pyridine rings is 2. The van der Waals surface area contributed by atoms with Gasteiger partial charge in [-0.3, -0.25) is 9.69 Å². The number of aliphatic hydroxyl groups is 1. The van der Waals surface area contributed by atoms with Crippen molar-refractivity contribution in [3.8, 4) is 0 Å². The number of benzene rings is 1. The summed E-state index contributed by atoms with van der Waals surface area (Å²) in [5.41, 5.74) is 1.79. The molecule has 1 aliphatic rings. The van der Waals surface area contributed by atoms with E-state index in [1.807, 2.05) is 31.4 Å². The molecule has 1 atom stereocenters. The molecule has 4 rings (SSSR count). The molecule has 3 heterocycles. The minimum absolute atomic E-state index is 0.0576. The van der Waals surface area contributed by atoms with Crippen LogP contribution in [-0.4, -0.2) is 65.6 Å². The molecule has 1 aromatic carbocycles. The van der Waals surface area contributed by atoms with Crippen LogP contribution in [0.25, 0.3) is 11.0 Å². The van der Waals surface area contributed by atoms with Gasteiger partial charge in [0.05, 0.1) is 36.3 Å². The van der Waals surface area contributed by atoms with E-state index < -0.39 is 5.82 Å². The smallest absolute Gasteiger partial charge is 0.193 e. The number of aromatic nitrogens is 2. The lowest BCUT2D eigenvalue weighted by Crippen LogP contribution is -2.39. The Hall–Kier alpha value is -2.52. The van der Waals surface area contributed by atoms with E-state index in [2.05, 4.69) is 10.2 Å². The van der Waals surface area contributed by atoms with Gasteiger partial charge in [-0.15, -0.1) is 0 Å².